The molecule has 0 spiro atoms. The van der Waals surface area contributed by atoms with Gasteiger partial charge in [-0.3, -0.25) is 29.8 Å². The van der Waals surface area contributed by atoms with Crippen LogP contribution in [0.2, 0.25) is 41.4 Å². The molecule has 4 aromatic heterocycles. The molecule has 17 heteroatoms. The summed E-state index contributed by atoms with van der Waals surface area (Å²) in [5.41, 5.74) is 8.51. The minimum atomic E-state index is -1.96. The van der Waals surface area contributed by atoms with Crippen LogP contribution in [0, 0.1) is 0 Å². The van der Waals surface area contributed by atoms with E-state index in [2.05, 4.69) is 134 Å². The number of hydrogen-bond donors (Lipinski definition) is 4. The Hall–Kier alpha value is -6.38. The Balaban J connectivity index is 0.000000202. The Morgan fingerprint density at radius 1 is 0.531 bits per heavy atom. The third kappa shape index (κ3) is 9.77. The van der Waals surface area contributed by atoms with Crippen molar-refractivity contribution in [3.8, 4) is 0 Å². The molecule has 0 saturated heterocycles. The fraction of sp³-hybridized carbons (Fsp3) is 0.312. The van der Waals surface area contributed by atoms with Gasteiger partial charge in [0.1, 0.15) is 5.15 Å². The zero-order valence-corrected chi connectivity index (χ0v) is 50.8. The summed E-state index contributed by atoms with van der Waals surface area (Å²) >= 11 is 7.19. The lowest BCUT2D eigenvalue weighted by Crippen LogP contribution is -2.43. The normalized spacial score (nSPS) is 19.0. The molecule has 4 amide bonds. The molecule has 13 rings (SSSR count). The Kier molecular flexibility index (Phi) is 16.3. The number of carbonyl (C=O) groups excluding carboxylic acids is 4. The second kappa shape index (κ2) is 21.7. The minimum absolute atomic E-state index is 0. The number of carbonyl (C=O) groups is 4. The van der Waals surface area contributed by atoms with Crippen molar-refractivity contribution in [3.05, 3.63) is 155 Å². The second-order valence-corrected chi connectivity index (χ2v) is 34.0. The van der Waals surface area contributed by atoms with E-state index in [1.807, 2.05) is 84.9 Å². The van der Waals surface area contributed by atoms with Crippen LogP contribution in [-0.4, -0.2) is 71.6 Å². The Bertz CT molecular complexity index is 4130. The van der Waals surface area contributed by atoms with E-state index in [1.165, 1.54) is 0 Å². The highest BCUT2D eigenvalue weighted by atomic mass is 35.5. The second-order valence-electron chi connectivity index (χ2n) is 24.1. The highest BCUT2D eigenvalue weighted by Crippen LogP contribution is 2.49. The van der Waals surface area contributed by atoms with Crippen LogP contribution in [-0.2, 0) is 18.4 Å². The van der Waals surface area contributed by atoms with Gasteiger partial charge < -0.3 is 28.0 Å². The van der Waals surface area contributed by atoms with Crippen LogP contribution >= 0.6 is 38.6 Å². The number of hydrogen-bond acceptors (Lipinski definition) is 6. The van der Waals surface area contributed by atoms with Crippen molar-refractivity contribution in [2.24, 2.45) is 0 Å². The molecule has 81 heavy (non-hydrogen) atoms. The minimum Gasteiger partial charge on any atom is -0.410 e. The number of benzene rings is 5. The number of imide groups is 2. The first-order valence-electron chi connectivity index (χ1n) is 26.6. The zero-order chi connectivity index (χ0) is 54.2. The number of aromatic nitrogens is 4. The number of aromatic amines is 2. The van der Waals surface area contributed by atoms with Crippen LogP contribution in [0.5, 0.6) is 0 Å². The Morgan fingerprint density at radius 3 is 1.57 bits per heavy atom. The fourth-order valence-corrected chi connectivity index (χ4v) is 14.6. The Morgan fingerprint density at radius 2 is 0.988 bits per heavy atom. The van der Waals surface area contributed by atoms with E-state index in [9.17, 15) is 19.2 Å². The van der Waals surface area contributed by atoms with Gasteiger partial charge in [0.15, 0.2) is 16.6 Å². The first-order valence-corrected chi connectivity index (χ1v) is 32.8. The highest BCUT2D eigenvalue weighted by Gasteiger charge is 2.43. The summed E-state index contributed by atoms with van der Waals surface area (Å²) < 4.78 is 17.9. The summed E-state index contributed by atoms with van der Waals surface area (Å²) in [7, 11) is -3.90. The number of nitrogens with one attached hydrogen (secondary N) is 4. The van der Waals surface area contributed by atoms with E-state index in [4.69, 9.17) is 20.5 Å². The highest BCUT2D eigenvalue weighted by molar-refractivity contribution is 7.59. The molecule has 0 unspecified atom stereocenters. The van der Waals surface area contributed by atoms with Crippen LogP contribution in [0.1, 0.15) is 113 Å². The van der Waals surface area contributed by atoms with Gasteiger partial charge in [-0.05, 0) is 60.5 Å². The van der Waals surface area contributed by atoms with E-state index in [0.29, 0.717) is 38.6 Å². The predicted molar refractivity (Wildman–Crippen MR) is 350 cm³/mol. The largest absolute Gasteiger partial charge is 0.410 e. The summed E-state index contributed by atoms with van der Waals surface area (Å²) in [4.78, 5) is 59.8. The van der Waals surface area contributed by atoms with Crippen molar-refractivity contribution in [2.75, 3.05) is 0 Å². The van der Waals surface area contributed by atoms with E-state index in [-0.39, 0.29) is 88.0 Å². The molecule has 2 aliphatic heterocycles. The Labute approximate surface area is 494 Å². The van der Waals surface area contributed by atoms with Gasteiger partial charge in [0.2, 0.25) is 0 Å². The first-order chi connectivity index (χ1) is 36.5. The maximum Gasteiger partial charge on any atom is 0.259 e. The van der Waals surface area contributed by atoms with Gasteiger partial charge in [0.05, 0.1) is 63.1 Å². The van der Waals surface area contributed by atoms with Crippen molar-refractivity contribution in [1.82, 2.24) is 29.7 Å². The van der Waals surface area contributed by atoms with Gasteiger partial charge in [-0.25, -0.2) is 0 Å². The quantitative estimate of drug-likeness (QED) is 0.0675. The van der Waals surface area contributed by atoms with Gasteiger partial charge in [-0.1, -0.05) is 165 Å². The smallest absolute Gasteiger partial charge is 0.259 e. The lowest BCUT2D eigenvalue weighted by atomic mass is 9.95. The molecule has 0 radical (unpaired) electrons. The van der Waals surface area contributed by atoms with Gasteiger partial charge in [-0.15, -0.1) is 0 Å². The molecule has 4 N–H and O–H groups in total. The van der Waals surface area contributed by atoms with Gasteiger partial charge >= 0.3 is 0 Å². The molecule has 9 aromatic rings. The number of H-pyrrole nitrogens is 2. The summed E-state index contributed by atoms with van der Waals surface area (Å²) in [6, 6.07) is 31.8. The molecule has 4 aliphatic rings. The van der Waals surface area contributed by atoms with Crippen molar-refractivity contribution in [1.29, 1.82) is 0 Å². The van der Waals surface area contributed by atoms with Crippen LogP contribution in [0.3, 0.4) is 0 Å². The summed E-state index contributed by atoms with van der Waals surface area (Å²) in [5, 5.41) is 11.1. The van der Waals surface area contributed by atoms with Gasteiger partial charge in [0, 0.05) is 79.0 Å². The predicted octanol–water partition coefficient (Wildman–Crippen LogP) is 15.9. The first kappa shape index (κ1) is 60.7. The lowest BCUT2D eigenvalue weighted by Gasteiger charge is -2.38. The third-order valence-corrected chi connectivity index (χ3v) is 26.8. The number of nitrogens with zero attached hydrogens (tertiary/aromatic N) is 2. The summed E-state index contributed by atoms with van der Waals surface area (Å²) in [6.07, 6.45) is 12.1. The van der Waals surface area contributed by atoms with E-state index in [0.717, 1.165) is 78.3 Å². The van der Waals surface area contributed by atoms with Crippen molar-refractivity contribution < 1.29 is 28.0 Å². The molecule has 0 fully saturated rings. The molecule has 424 valence electrons. The number of halogens is 1. The van der Waals surface area contributed by atoms with Crippen LogP contribution < -0.4 is 10.6 Å². The van der Waals surface area contributed by atoms with E-state index >= 15 is 0 Å². The summed E-state index contributed by atoms with van der Waals surface area (Å²) in [5.74, 6) is -1.52. The molecular weight excluding hydrogens is 1100 g/mol. The van der Waals surface area contributed by atoms with Gasteiger partial charge in [-0.2, -0.15) is 27.0 Å². The van der Waals surface area contributed by atoms with Crippen molar-refractivity contribution in [3.63, 3.8) is 0 Å². The molecular formula is C64H75ClN6O6S2Si2. The topological polar surface area (TPSA) is 152 Å². The number of amides is 4. The molecule has 5 aromatic carbocycles. The number of para-hydroxylation sites is 4. The van der Waals surface area contributed by atoms with E-state index in [1.54, 1.807) is 6.20 Å². The molecule has 4 atom stereocenters. The third-order valence-electron chi connectivity index (χ3n) is 17.4. The maximum absolute atomic E-state index is 13.4. The maximum atomic E-state index is 13.4. The summed E-state index contributed by atoms with van der Waals surface area (Å²) in [6.45, 7) is 22.6. The average Bonchev–Trinajstić information content (AvgIpc) is 4.27. The lowest BCUT2D eigenvalue weighted by molar-refractivity contribution is -0.122. The number of allylic oxidation sites excluding steroid dienone is 2. The fourth-order valence-electron chi connectivity index (χ4n) is 11.6. The molecule has 0 bridgehead atoms. The van der Waals surface area contributed by atoms with Crippen molar-refractivity contribution >= 4 is 155 Å². The monoisotopic (exact) mass is 1180 g/mol. The standard InChI is InChI=1S/C31H32ClN3O3Si.C31H31N3O3Si.2CH4.2H2S/c1-31(2,3)39(4,5)38-19-15-14-18(16-19)35-24-13-9-7-11-21(24)25(28(35)32)27-26(29(36)34-30(27)37)22-17-33-23-12-8-6-10-20(22)23;1-31(2,3)38(4,5)37-18-15-14-17(16-18)34-22-13-9-7-11-20(22)24-26-25(29(35)33-30(26)36)23-19-10-6-8-12-21(19)32-27(23)28(24)34;;;;/h6-15,17-19,33H,16H2,1-5H3,(H,34,36,37);6-15,17-18,32H,16H2,1-5H3,(H,33,35,36);2*1H4;2*1H2/t18-,19+;17-,18+;;;;/m11..../s1. The van der Waals surface area contributed by atoms with Crippen LogP contribution in [0.25, 0.3) is 76.6 Å². The zero-order valence-electron chi connectivity index (χ0n) is 46.1. The molecule has 12 nitrogen and oxygen atoms in total. The SMILES string of the molecule is C.C.CC(C)(C)[Si](C)(C)O[C@H]1C=C[C@@H](n2c(Cl)c(C3=C(c4c[nH]c5ccccc45)C(=O)NC3=O)c3ccccc32)C1.CC(C)(C)[Si](C)(C)O[C@H]1C=C[C@@H](n2c3ccccc3c3c4c(c5c6ccccc6[nH]c5c32)C(=O)NC4=O)C1.S.S. The molecule has 6 heterocycles. The molecule has 2 aliphatic carbocycles. The number of fused-ring (bicyclic) bond motifs is 12. The van der Waals surface area contributed by atoms with E-state index < -0.39 is 28.4 Å². The van der Waals surface area contributed by atoms with Crippen molar-refractivity contribution in [2.45, 2.75) is 130 Å². The van der Waals surface area contributed by atoms with Crippen LogP contribution in [0.4, 0.5) is 0 Å². The van der Waals surface area contributed by atoms with Gasteiger partial charge in [0.25, 0.3) is 23.6 Å². The average molecular weight is 1180 g/mol. The molecule has 0 saturated carbocycles. The van der Waals surface area contributed by atoms with Crippen LogP contribution in [0.15, 0.2) is 128 Å². The number of rotatable bonds is 8.